The van der Waals surface area contributed by atoms with Gasteiger partial charge in [0, 0.05) is 37.2 Å². The summed E-state index contributed by atoms with van der Waals surface area (Å²) in [5.41, 5.74) is 4.18. The van der Waals surface area contributed by atoms with Gasteiger partial charge in [-0.15, -0.1) is 11.3 Å². The van der Waals surface area contributed by atoms with Crippen LogP contribution in [0.25, 0.3) is 0 Å². The van der Waals surface area contributed by atoms with Crippen molar-refractivity contribution in [2.24, 2.45) is 0 Å². The number of nitrogens with zero attached hydrogens (tertiary/aromatic N) is 2. The summed E-state index contributed by atoms with van der Waals surface area (Å²) in [5.74, 6) is -0.123. The number of fused-ring (bicyclic) bond motifs is 1. The van der Waals surface area contributed by atoms with Crippen LogP contribution in [0, 0.1) is 0 Å². The monoisotopic (exact) mass is 518 g/mol. The van der Waals surface area contributed by atoms with E-state index in [9.17, 15) is 9.59 Å². The number of hydrogen-bond acceptors (Lipinski definition) is 4. The predicted octanol–water partition coefficient (Wildman–Crippen LogP) is 6.13. The van der Waals surface area contributed by atoms with Gasteiger partial charge in [-0.05, 0) is 66.0 Å². The third-order valence-electron chi connectivity index (χ3n) is 7.06. The van der Waals surface area contributed by atoms with Crippen LogP contribution in [0.5, 0.6) is 0 Å². The molecule has 0 fully saturated rings. The second-order valence-electron chi connectivity index (χ2n) is 9.68. The Morgan fingerprint density at radius 3 is 2.54 bits per heavy atom. The van der Waals surface area contributed by atoms with E-state index in [1.54, 1.807) is 23.3 Å². The van der Waals surface area contributed by atoms with Crippen LogP contribution in [0.1, 0.15) is 70.6 Å². The maximum absolute atomic E-state index is 13.8. The van der Waals surface area contributed by atoms with E-state index in [1.165, 1.54) is 28.8 Å². The molecule has 4 rings (SSSR count). The molecule has 1 aromatic heterocycles. The topological polar surface area (TPSA) is 49.9 Å². The zero-order valence-corrected chi connectivity index (χ0v) is 22.8. The summed E-state index contributed by atoms with van der Waals surface area (Å²) in [7, 11) is 1.66. The van der Waals surface area contributed by atoms with Gasteiger partial charge in [0.05, 0.1) is 6.04 Å². The lowest BCUT2D eigenvalue weighted by molar-refractivity contribution is -0.134. The number of ether oxygens (including phenoxy) is 1. The number of amides is 2. The highest BCUT2D eigenvalue weighted by Gasteiger charge is 2.34. The van der Waals surface area contributed by atoms with E-state index in [4.69, 9.17) is 4.74 Å². The Hall–Kier alpha value is -2.96. The minimum Gasteiger partial charge on any atom is -0.385 e. The number of methoxy groups -OCH3 is 1. The van der Waals surface area contributed by atoms with E-state index < -0.39 is 0 Å². The molecule has 0 bridgehead atoms. The van der Waals surface area contributed by atoms with Crippen LogP contribution in [0.4, 0.5) is 0 Å². The highest BCUT2D eigenvalue weighted by Crippen LogP contribution is 2.37. The van der Waals surface area contributed by atoms with Gasteiger partial charge < -0.3 is 14.5 Å². The van der Waals surface area contributed by atoms with Crippen molar-refractivity contribution in [3.63, 3.8) is 0 Å². The molecule has 0 saturated heterocycles. The third kappa shape index (κ3) is 6.88. The molecule has 3 aromatic rings. The molecule has 6 heteroatoms. The summed E-state index contributed by atoms with van der Waals surface area (Å²) >= 11 is 1.76. The molecular formula is C31H38N2O3S. The van der Waals surface area contributed by atoms with Crippen LogP contribution in [-0.2, 0) is 22.4 Å². The minimum absolute atomic E-state index is 0.0207. The number of carbonyl (C=O) groups excluding carboxylic acids is 2. The summed E-state index contributed by atoms with van der Waals surface area (Å²) in [6.45, 7) is 3.93. The van der Waals surface area contributed by atoms with Crippen molar-refractivity contribution in [3.8, 4) is 0 Å². The Morgan fingerprint density at radius 2 is 1.81 bits per heavy atom. The molecule has 0 saturated carbocycles. The first-order valence-corrected chi connectivity index (χ1v) is 14.3. The second-order valence-corrected chi connectivity index (χ2v) is 10.7. The molecule has 196 valence electrons. The summed E-state index contributed by atoms with van der Waals surface area (Å²) in [5, 5.41) is 2.11. The number of hydrogen-bond donors (Lipinski definition) is 0. The van der Waals surface area contributed by atoms with Crippen LogP contribution in [-0.4, -0.2) is 55.0 Å². The fourth-order valence-corrected chi connectivity index (χ4v) is 5.97. The first-order valence-electron chi connectivity index (χ1n) is 13.4. The number of unbranched alkanes of at least 4 members (excludes halogenated alkanes) is 2. The van der Waals surface area contributed by atoms with Gasteiger partial charge in [0.25, 0.3) is 5.91 Å². The van der Waals surface area contributed by atoms with Crippen LogP contribution in [0.3, 0.4) is 0 Å². The lowest BCUT2D eigenvalue weighted by atomic mass is 9.93. The highest BCUT2D eigenvalue weighted by atomic mass is 32.1. The first kappa shape index (κ1) is 27.1. The Bertz CT molecular complexity index is 1140. The standard InChI is InChI=1S/C31H38N2O3S/c1-3-4-6-10-24-13-15-26(16-14-24)31(35)32(19-9-21-36-2)23-29(34)33-20-17-28-27(18-22-37-28)30(33)25-11-7-5-8-12-25/h5,7-8,11-16,18,22,30H,3-4,6,9-10,17,19-21,23H2,1-2H3. The SMILES string of the molecule is CCCCCc1ccc(C(=O)N(CCCOC)CC(=O)N2CCc3sccc3C2c2ccccc2)cc1. The molecule has 2 aromatic carbocycles. The predicted molar refractivity (Wildman–Crippen MR) is 150 cm³/mol. The van der Waals surface area contributed by atoms with Gasteiger partial charge in [-0.1, -0.05) is 62.2 Å². The largest absolute Gasteiger partial charge is 0.385 e. The fourth-order valence-electron chi connectivity index (χ4n) is 5.06. The third-order valence-corrected chi connectivity index (χ3v) is 8.06. The van der Waals surface area contributed by atoms with Crippen LogP contribution in [0.2, 0.25) is 0 Å². The van der Waals surface area contributed by atoms with Gasteiger partial charge >= 0.3 is 0 Å². The summed E-state index contributed by atoms with van der Waals surface area (Å²) in [6.07, 6.45) is 6.12. The van der Waals surface area contributed by atoms with E-state index in [1.807, 2.05) is 47.4 Å². The molecule has 1 atom stereocenters. The van der Waals surface area contributed by atoms with Crippen molar-refractivity contribution >= 4 is 23.2 Å². The van der Waals surface area contributed by atoms with Crippen molar-refractivity contribution in [2.75, 3.05) is 33.4 Å². The van der Waals surface area contributed by atoms with Crippen LogP contribution in [0.15, 0.2) is 66.0 Å². The van der Waals surface area contributed by atoms with Gasteiger partial charge in [0.1, 0.15) is 6.54 Å². The summed E-state index contributed by atoms with van der Waals surface area (Å²) in [6, 6.07) is 20.1. The van der Waals surface area contributed by atoms with Gasteiger partial charge in [-0.2, -0.15) is 0 Å². The van der Waals surface area contributed by atoms with Crippen molar-refractivity contribution < 1.29 is 14.3 Å². The smallest absolute Gasteiger partial charge is 0.254 e. The van der Waals surface area contributed by atoms with Crippen LogP contribution < -0.4 is 0 Å². The number of aryl methyl sites for hydroxylation is 1. The Morgan fingerprint density at radius 1 is 1.03 bits per heavy atom. The molecule has 1 aliphatic heterocycles. The maximum atomic E-state index is 13.8. The van der Waals surface area contributed by atoms with Crippen LogP contribution >= 0.6 is 11.3 Å². The number of benzene rings is 2. The van der Waals surface area contributed by atoms with Crippen molar-refractivity contribution in [1.82, 2.24) is 9.80 Å². The van der Waals surface area contributed by atoms with Crippen molar-refractivity contribution in [3.05, 3.63) is 93.2 Å². The highest BCUT2D eigenvalue weighted by molar-refractivity contribution is 7.10. The Kier molecular flexibility index (Phi) is 9.92. The normalized spacial score (nSPS) is 14.9. The van der Waals surface area contributed by atoms with Crippen molar-refractivity contribution in [2.45, 2.75) is 51.5 Å². The molecule has 1 unspecified atom stereocenters. The molecule has 0 spiro atoms. The maximum Gasteiger partial charge on any atom is 0.254 e. The summed E-state index contributed by atoms with van der Waals surface area (Å²) < 4.78 is 5.23. The molecular weight excluding hydrogens is 480 g/mol. The molecule has 5 nitrogen and oxygen atoms in total. The first-order chi connectivity index (χ1) is 18.1. The number of thiophene rings is 1. The fraction of sp³-hybridized carbons (Fsp3) is 0.419. The van der Waals surface area contributed by atoms with E-state index in [2.05, 4.69) is 30.5 Å². The average molecular weight is 519 g/mol. The zero-order chi connectivity index (χ0) is 26.0. The second kappa shape index (κ2) is 13.5. The van der Waals surface area contributed by atoms with E-state index in [-0.39, 0.29) is 24.4 Å². The van der Waals surface area contributed by atoms with E-state index in [0.717, 1.165) is 24.8 Å². The number of carbonyl (C=O) groups is 2. The molecule has 0 aliphatic carbocycles. The van der Waals surface area contributed by atoms with E-state index >= 15 is 0 Å². The lowest BCUT2D eigenvalue weighted by Gasteiger charge is -2.37. The Labute approximate surface area is 225 Å². The lowest BCUT2D eigenvalue weighted by Crippen LogP contribution is -2.47. The van der Waals surface area contributed by atoms with E-state index in [0.29, 0.717) is 31.7 Å². The molecule has 1 aliphatic rings. The van der Waals surface area contributed by atoms with Gasteiger partial charge in [-0.3, -0.25) is 9.59 Å². The minimum atomic E-state index is -0.123. The zero-order valence-electron chi connectivity index (χ0n) is 22.0. The van der Waals surface area contributed by atoms with Crippen molar-refractivity contribution in [1.29, 1.82) is 0 Å². The van der Waals surface area contributed by atoms with Gasteiger partial charge in [-0.25, -0.2) is 0 Å². The number of rotatable bonds is 12. The van der Waals surface area contributed by atoms with Gasteiger partial charge in [0.2, 0.25) is 5.91 Å². The molecule has 0 N–H and O–H groups in total. The summed E-state index contributed by atoms with van der Waals surface area (Å²) in [4.78, 5) is 32.3. The molecule has 0 radical (unpaired) electrons. The average Bonchev–Trinajstić information content (AvgIpc) is 3.42. The Balaban J connectivity index is 1.52. The molecule has 2 heterocycles. The molecule has 2 amide bonds. The quantitative estimate of drug-likeness (QED) is 0.271. The van der Waals surface area contributed by atoms with Gasteiger partial charge in [0.15, 0.2) is 0 Å². The molecule has 37 heavy (non-hydrogen) atoms.